The van der Waals surface area contributed by atoms with Gasteiger partial charge in [-0.2, -0.15) is 0 Å². The van der Waals surface area contributed by atoms with E-state index in [1.54, 1.807) is 0 Å². The highest BCUT2D eigenvalue weighted by atomic mass is 15.2. The molecule has 16 heavy (non-hydrogen) atoms. The molecule has 0 bridgehead atoms. The van der Waals surface area contributed by atoms with E-state index >= 15 is 0 Å². The third-order valence-electron chi connectivity index (χ3n) is 3.79. The van der Waals surface area contributed by atoms with Gasteiger partial charge in [0, 0.05) is 25.7 Å². The van der Waals surface area contributed by atoms with Gasteiger partial charge in [0.1, 0.15) is 0 Å². The van der Waals surface area contributed by atoms with Crippen LogP contribution in [0.15, 0.2) is 0 Å². The third-order valence-corrected chi connectivity index (χ3v) is 3.79. The van der Waals surface area contributed by atoms with Crippen LogP contribution in [-0.2, 0) is 0 Å². The molecular weight excluding hydrogens is 198 g/mol. The van der Waals surface area contributed by atoms with Crippen molar-refractivity contribution in [1.29, 1.82) is 0 Å². The van der Waals surface area contributed by atoms with Crippen molar-refractivity contribution >= 4 is 0 Å². The first kappa shape index (κ1) is 13.9. The monoisotopic (exact) mass is 227 g/mol. The van der Waals surface area contributed by atoms with Gasteiger partial charge in [-0.15, -0.1) is 0 Å². The zero-order chi connectivity index (χ0) is 12.3. The molecule has 0 saturated carbocycles. The number of nitrogens with zero attached hydrogens (tertiary/aromatic N) is 2. The zero-order valence-electron chi connectivity index (χ0n) is 11.7. The number of hydrogen-bond donors (Lipinski definition) is 1. The predicted molar refractivity (Wildman–Crippen MR) is 70.5 cm³/mol. The van der Waals surface area contributed by atoms with Crippen LogP contribution in [0.4, 0.5) is 0 Å². The van der Waals surface area contributed by atoms with Crippen molar-refractivity contribution in [2.24, 2.45) is 17.1 Å². The summed E-state index contributed by atoms with van der Waals surface area (Å²) in [6.07, 6.45) is 1.34. The van der Waals surface area contributed by atoms with Crippen molar-refractivity contribution in [3.05, 3.63) is 0 Å². The van der Waals surface area contributed by atoms with Crippen molar-refractivity contribution in [3.63, 3.8) is 0 Å². The first-order chi connectivity index (χ1) is 7.34. The largest absolute Gasteiger partial charge is 0.329 e. The fourth-order valence-electron chi connectivity index (χ4n) is 2.90. The Kier molecular flexibility index (Phi) is 4.77. The normalized spacial score (nSPS) is 25.3. The Labute approximate surface area is 101 Å². The van der Waals surface area contributed by atoms with Crippen LogP contribution in [0.2, 0.25) is 0 Å². The highest BCUT2D eigenvalue weighted by Gasteiger charge is 2.29. The summed E-state index contributed by atoms with van der Waals surface area (Å²) in [5, 5.41) is 0. The molecule has 0 aromatic rings. The molecule has 1 heterocycles. The Morgan fingerprint density at radius 3 is 2.44 bits per heavy atom. The molecule has 2 unspecified atom stereocenters. The molecule has 0 amide bonds. The summed E-state index contributed by atoms with van der Waals surface area (Å²) >= 11 is 0. The smallest absolute Gasteiger partial charge is 0.0263 e. The van der Waals surface area contributed by atoms with Gasteiger partial charge in [0.15, 0.2) is 0 Å². The Hall–Kier alpha value is -0.120. The van der Waals surface area contributed by atoms with Crippen LogP contribution in [-0.4, -0.2) is 56.1 Å². The second-order valence-corrected chi connectivity index (χ2v) is 6.47. The topological polar surface area (TPSA) is 32.5 Å². The summed E-state index contributed by atoms with van der Waals surface area (Å²) in [6, 6.07) is 0.485. The van der Waals surface area contributed by atoms with E-state index in [0.29, 0.717) is 6.04 Å². The van der Waals surface area contributed by atoms with Crippen molar-refractivity contribution in [1.82, 2.24) is 9.80 Å². The molecule has 1 aliphatic rings. The van der Waals surface area contributed by atoms with E-state index in [9.17, 15) is 0 Å². The van der Waals surface area contributed by atoms with E-state index in [2.05, 4.69) is 44.7 Å². The molecule has 2 atom stereocenters. The van der Waals surface area contributed by atoms with Gasteiger partial charge in [-0.1, -0.05) is 20.8 Å². The van der Waals surface area contributed by atoms with E-state index in [-0.39, 0.29) is 5.41 Å². The van der Waals surface area contributed by atoms with Gasteiger partial charge in [0.05, 0.1) is 0 Å². The van der Waals surface area contributed by atoms with Gasteiger partial charge in [-0.05, 0) is 38.4 Å². The van der Waals surface area contributed by atoms with Gasteiger partial charge in [-0.25, -0.2) is 0 Å². The van der Waals surface area contributed by atoms with E-state index in [4.69, 9.17) is 5.73 Å². The molecule has 0 spiro atoms. The van der Waals surface area contributed by atoms with Crippen LogP contribution in [0.25, 0.3) is 0 Å². The van der Waals surface area contributed by atoms with E-state index < -0.39 is 0 Å². The first-order valence-electron chi connectivity index (χ1n) is 6.43. The Morgan fingerprint density at radius 2 is 2.06 bits per heavy atom. The fourth-order valence-corrected chi connectivity index (χ4v) is 2.90. The highest BCUT2D eigenvalue weighted by Crippen LogP contribution is 2.25. The molecule has 3 nitrogen and oxygen atoms in total. The SMILES string of the molecule is CN1CCC(CN(C)C(CN)C(C)(C)C)C1. The number of nitrogens with two attached hydrogens (primary N) is 1. The maximum absolute atomic E-state index is 5.91. The average Bonchev–Trinajstić information content (AvgIpc) is 2.49. The Balaban J connectivity index is 2.46. The molecule has 96 valence electrons. The summed E-state index contributed by atoms with van der Waals surface area (Å²) < 4.78 is 0. The first-order valence-corrected chi connectivity index (χ1v) is 6.43. The van der Waals surface area contributed by atoms with Crippen molar-refractivity contribution in [3.8, 4) is 0 Å². The maximum Gasteiger partial charge on any atom is 0.0263 e. The van der Waals surface area contributed by atoms with Gasteiger partial charge < -0.3 is 15.5 Å². The third kappa shape index (κ3) is 3.72. The molecule has 0 radical (unpaired) electrons. The Morgan fingerprint density at radius 1 is 1.44 bits per heavy atom. The van der Waals surface area contributed by atoms with Crippen molar-refractivity contribution in [2.45, 2.75) is 33.2 Å². The molecule has 1 aliphatic heterocycles. The van der Waals surface area contributed by atoms with Crippen LogP contribution in [0, 0.1) is 11.3 Å². The summed E-state index contributed by atoms with van der Waals surface area (Å²) in [5.41, 5.74) is 6.18. The number of likely N-dealkylation sites (N-methyl/N-ethyl adjacent to an activating group) is 1. The van der Waals surface area contributed by atoms with E-state index in [0.717, 1.165) is 12.5 Å². The number of likely N-dealkylation sites (tertiary alicyclic amines) is 1. The minimum absolute atomic E-state index is 0.272. The molecule has 0 aromatic heterocycles. The lowest BCUT2D eigenvalue weighted by atomic mass is 9.85. The highest BCUT2D eigenvalue weighted by molar-refractivity contribution is 4.85. The van der Waals surface area contributed by atoms with Crippen LogP contribution in [0.5, 0.6) is 0 Å². The van der Waals surface area contributed by atoms with Gasteiger partial charge in [-0.3, -0.25) is 0 Å². The Bertz CT molecular complexity index is 210. The lowest BCUT2D eigenvalue weighted by Gasteiger charge is -2.38. The van der Waals surface area contributed by atoms with E-state index in [1.807, 2.05) is 0 Å². The van der Waals surface area contributed by atoms with Gasteiger partial charge >= 0.3 is 0 Å². The van der Waals surface area contributed by atoms with Crippen molar-refractivity contribution < 1.29 is 0 Å². The molecule has 3 heteroatoms. The van der Waals surface area contributed by atoms with Gasteiger partial charge in [0.2, 0.25) is 0 Å². The fraction of sp³-hybridized carbons (Fsp3) is 1.00. The van der Waals surface area contributed by atoms with Crippen LogP contribution >= 0.6 is 0 Å². The van der Waals surface area contributed by atoms with E-state index in [1.165, 1.54) is 26.1 Å². The minimum atomic E-state index is 0.272. The number of hydrogen-bond acceptors (Lipinski definition) is 3. The molecule has 0 aliphatic carbocycles. The molecule has 1 saturated heterocycles. The van der Waals surface area contributed by atoms with Crippen molar-refractivity contribution in [2.75, 3.05) is 40.3 Å². The number of rotatable bonds is 4. The molecular formula is C13H29N3. The van der Waals surface area contributed by atoms with Crippen LogP contribution in [0.1, 0.15) is 27.2 Å². The molecule has 2 N–H and O–H groups in total. The second kappa shape index (κ2) is 5.48. The quantitative estimate of drug-likeness (QED) is 0.784. The summed E-state index contributed by atoms with van der Waals surface area (Å²) in [6.45, 7) is 11.3. The molecule has 1 fully saturated rings. The van der Waals surface area contributed by atoms with Gasteiger partial charge in [0.25, 0.3) is 0 Å². The lowest BCUT2D eigenvalue weighted by Crippen LogP contribution is -2.48. The lowest BCUT2D eigenvalue weighted by molar-refractivity contribution is 0.116. The summed E-state index contributed by atoms with van der Waals surface area (Å²) in [5.74, 6) is 0.825. The average molecular weight is 227 g/mol. The zero-order valence-corrected chi connectivity index (χ0v) is 11.7. The summed E-state index contributed by atoms with van der Waals surface area (Å²) in [4.78, 5) is 4.89. The predicted octanol–water partition coefficient (Wildman–Crippen LogP) is 1.24. The molecule has 0 aromatic carbocycles. The second-order valence-electron chi connectivity index (χ2n) is 6.47. The summed E-state index contributed by atoms with van der Waals surface area (Å²) in [7, 11) is 4.44. The van der Waals surface area contributed by atoms with Crippen LogP contribution < -0.4 is 5.73 Å². The maximum atomic E-state index is 5.91. The van der Waals surface area contributed by atoms with Crippen LogP contribution in [0.3, 0.4) is 0 Å². The minimum Gasteiger partial charge on any atom is -0.329 e. The molecule has 1 rings (SSSR count). The standard InChI is InChI=1S/C13H29N3/c1-13(2,3)12(8-14)16(5)10-11-6-7-15(4)9-11/h11-12H,6-10,14H2,1-5H3.